The van der Waals surface area contributed by atoms with Gasteiger partial charge in [0.25, 0.3) is 11.1 Å². The van der Waals surface area contributed by atoms with E-state index in [9.17, 15) is 14.4 Å². The van der Waals surface area contributed by atoms with Gasteiger partial charge in [-0.1, -0.05) is 11.6 Å². The van der Waals surface area contributed by atoms with Gasteiger partial charge in [-0.25, -0.2) is 0 Å². The van der Waals surface area contributed by atoms with Crippen LogP contribution < -0.4 is 19.5 Å². The molecule has 1 fully saturated rings. The number of carbonyl (C=O) groups excluding carboxylic acids is 3. The Labute approximate surface area is 187 Å². The van der Waals surface area contributed by atoms with Gasteiger partial charge in [-0.15, -0.1) is 0 Å². The molecule has 0 aliphatic carbocycles. The molecule has 1 saturated heterocycles. The van der Waals surface area contributed by atoms with E-state index in [1.54, 1.807) is 36.4 Å². The smallest absolute Gasteiger partial charge is 0.294 e. The van der Waals surface area contributed by atoms with Crippen LogP contribution in [0.5, 0.6) is 17.2 Å². The fourth-order valence-corrected chi connectivity index (χ4v) is 4.02. The van der Waals surface area contributed by atoms with E-state index in [1.165, 1.54) is 6.08 Å². The average molecular weight is 461 g/mol. The van der Waals surface area contributed by atoms with Crippen molar-refractivity contribution in [3.8, 4) is 17.2 Å². The number of thioether (sulfide) groups is 1. The molecule has 0 saturated carbocycles. The number of benzene rings is 2. The van der Waals surface area contributed by atoms with Crippen LogP contribution in [0.3, 0.4) is 0 Å². The van der Waals surface area contributed by atoms with Crippen molar-refractivity contribution in [1.29, 1.82) is 0 Å². The summed E-state index contributed by atoms with van der Waals surface area (Å²) in [6.45, 7) is 1.98. The van der Waals surface area contributed by atoms with Gasteiger partial charge in [-0.05, 0) is 55.1 Å². The quantitative estimate of drug-likeness (QED) is 0.647. The lowest BCUT2D eigenvalue weighted by Crippen LogP contribution is -2.36. The highest BCUT2D eigenvalue weighted by molar-refractivity contribution is 8.18. The van der Waals surface area contributed by atoms with Crippen molar-refractivity contribution in [1.82, 2.24) is 4.90 Å². The molecule has 8 nitrogen and oxygen atoms in total. The van der Waals surface area contributed by atoms with Crippen molar-refractivity contribution in [3.05, 3.63) is 51.9 Å². The van der Waals surface area contributed by atoms with Crippen LogP contribution in [-0.4, -0.2) is 41.9 Å². The number of nitrogens with zero attached hydrogens (tertiary/aromatic N) is 1. The number of hydrogen-bond acceptors (Lipinski definition) is 7. The number of anilines is 1. The van der Waals surface area contributed by atoms with Gasteiger partial charge in [-0.2, -0.15) is 0 Å². The summed E-state index contributed by atoms with van der Waals surface area (Å²) >= 11 is 6.81. The van der Waals surface area contributed by atoms with E-state index in [2.05, 4.69) is 5.32 Å². The Hall–Kier alpha value is -3.17. The lowest BCUT2D eigenvalue weighted by molar-refractivity contribution is -0.127. The lowest BCUT2D eigenvalue weighted by Gasteiger charge is -2.12. The third-order valence-electron chi connectivity index (χ3n) is 4.39. The first-order chi connectivity index (χ1) is 14.9. The molecule has 0 atom stereocenters. The van der Waals surface area contributed by atoms with E-state index in [1.807, 2.05) is 6.92 Å². The number of rotatable bonds is 6. The molecule has 0 aromatic heterocycles. The maximum atomic E-state index is 12.7. The number of hydrogen-bond donors (Lipinski definition) is 1. The number of nitrogens with one attached hydrogen (secondary N) is 1. The molecule has 31 heavy (non-hydrogen) atoms. The minimum atomic E-state index is -0.557. The molecule has 0 radical (unpaired) electrons. The molecule has 2 aliphatic heterocycles. The zero-order chi connectivity index (χ0) is 22.0. The lowest BCUT2D eigenvalue weighted by atomic mass is 10.2. The molecular weight excluding hydrogens is 444 g/mol. The van der Waals surface area contributed by atoms with Crippen molar-refractivity contribution in [2.75, 3.05) is 25.3 Å². The summed E-state index contributed by atoms with van der Waals surface area (Å²) in [7, 11) is 0. The maximum Gasteiger partial charge on any atom is 0.294 e. The van der Waals surface area contributed by atoms with Crippen LogP contribution in [0.1, 0.15) is 12.5 Å². The third-order valence-corrected chi connectivity index (χ3v) is 5.53. The maximum absolute atomic E-state index is 12.7. The van der Waals surface area contributed by atoms with E-state index in [4.69, 9.17) is 25.8 Å². The Morgan fingerprint density at radius 3 is 2.84 bits per heavy atom. The summed E-state index contributed by atoms with van der Waals surface area (Å²) < 4.78 is 16.0. The molecule has 2 aromatic carbocycles. The monoisotopic (exact) mass is 460 g/mol. The van der Waals surface area contributed by atoms with Crippen LogP contribution in [0.2, 0.25) is 5.02 Å². The largest absolute Gasteiger partial charge is 0.493 e. The molecule has 160 valence electrons. The predicted molar refractivity (Wildman–Crippen MR) is 116 cm³/mol. The second-order valence-electron chi connectivity index (χ2n) is 6.50. The Balaban J connectivity index is 1.46. The van der Waals surface area contributed by atoms with Crippen LogP contribution in [0.25, 0.3) is 6.08 Å². The Bertz CT molecular complexity index is 1100. The highest BCUT2D eigenvalue weighted by Gasteiger charge is 2.36. The van der Waals surface area contributed by atoms with Gasteiger partial charge in [0.1, 0.15) is 12.3 Å². The fraction of sp³-hybridized carbons (Fsp3) is 0.190. The molecule has 10 heteroatoms. The fourth-order valence-electron chi connectivity index (χ4n) is 3.02. The summed E-state index contributed by atoms with van der Waals surface area (Å²) in [5.74, 6) is 0.567. The van der Waals surface area contributed by atoms with Gasteiger partial charge in [0, 0.05) is 22.3 Å². The first-order valence-electron chi connectivity index (χ1n) is 9.32. The molecule has 1 N–H and O–H groups in total. The minimum absolute atomic E-state index is 0.119. The van der Waals surface area contributed by atoms with Crippen LogP contribution in [-0.2, 0) is 9.59 Å². The van der Waals surface area contributed by atoms with Crippen LogP contribution in [0.15, 0.2) is 41.3 Å². The summed E-state index contributed by atoms with van der Waals surface area (Å²) in [6, 6.07) is 9.95. The molecule has 2 aromatic rings. The number of amides is 3. The van der Waals surface area contributed by atoms with Crippen molar-refractivity contribution < 1.29 is 28.6 Å². The summed E-state index contributed by atoms with van der Waals surface area (Å²) in [6.07, 6.45) is 1.54. The minimum Gasteiger partial charge on any atom is -0.493 e. The molecule has 3 amide bonds. The number of halogens is 1. The van der Waals surface area contributed by atoms with Crippen molar-refractivity contribution in [2.24, 2.45) is 0 Å². The average Bonchev–Trinajstić information content (AvgIpc) is 3.30. The zero-order valence-electron chi connectivity index (χ0n) is 16.3. The van der Waals surface area contributed by atoms with E-state index in [-0.39, 0.29) is 11.7 Å². The molecular formula is C21H17ClN2O6S. The SMILES string of the molecule is CCOc1ccc(Cl)cc1/C=C1/SC(=O)N(CC(=O)Nc2ccc3c(c2)OCO3)C1=O. The standard InChI is InChI=1S/C21H17ClN2O6S/c1-2-28-15-5-3-13(22)7-12(15)8-18-20(26)24(21(27)31-18)10-19(25)23-14-4-6-16-17(9-14)30-11-29-16/h3-9H,2,10-11H2,1H3,(H,23,25)/b18-8+. The Kier molecular flexibility index (Phi) is 6.06. The van der Waals surface area contributed by atoms with E-state index >= 15 is 0 Å². The number of ether oxygens (including phenoxy) is 3. The van der Waals surface area contributed by atoms with Gasteiger partial charge in [0.15, 0.2) is 11.5 Å². The molecule has 0 bridgehead atoms. The number of fused-ring (bicyclic) bond motifs is 1. The van der Waals surface area contributed by atoms with E-state index in [0.29, 0.717) is 40.1 Å². The highest BCUT2D eigenvalue weighted by atomic mass is 35.5. The summed E-state index contributed by atoms with van der Waals surface area (Å²) in [5.41, 5.74) is 1.04. The molecule has 2 heterocycles. The third kappa shape index (κ3) is 4.62. The van der Waals surface area contributed by atoms with E-state index < -0.39 is 23.6 Å². The first-order valence-corrected chi connectivity index (χ1v) is 10.5. The molecule has 2 aliphatic rings. The Morgan fingerprint density at radius 2 is 2.03 bits per heavy atom. The van der Waals surface area contributed by atoms with Crippen LogP contribution in [0, 0.1) is 0 Å². The molecule has 4 rings (SSSR count). The van der Waals surface area contributed by atoms with E-state index in [0.717, 1.165) is 16.7 Å². The molecule has 0 spiro atoms. The van der Waals surface area contributed by atoms with Crippen LogP contribution >= 0.6 is 23.4 Å². The second kappa shape index (κ2) is 8.91. The van der Waals surface area contributed by atoms with Crippen molar-refractivity contribution in [3.63, 3.8) is 0 Å². The normalized spacial score (nSPS) is 16.2. The van der Waals surface area contributed by atoms with Gasteiger partial charge in [-0.3, -0.25) is 19.3 Å². The van der Waals surface area contributed by atoms with Gasteiger partial charge < -0.3 is 19.5 Å². The topological polar surface area (TPSA) is 94.2 Å². The Morgan fingerprint density at radius 1 is 1.23 bits per heavy atom. The van der Waals surface area contributed by atoms with Gasteiger partial charge >= 0.3 is 0 Å². The number of carbonyl (C=O) groups is 3. The molecule has 0 unspecified atom stereocenters. The van der Waals surface area contributed by atoms with Crippen molar-refractivity contribution in [2.45, 2.75) is 6.92 Å². The predicted octanol–water partition coefficient (Wildman–Crippen LogP) is 4.14. The summed E-state index contributed by atoms with van der Waals surface area (Å²) in [4.78, 5) is 38.6. The second-order valence-corrected chi connectivity index (χ2v) is 7.93. The van der Waals surface area contributed by atoms with Gasteiger partial charge in [0.05, 0.1) is 11.5 Å². The van der Waals surface area contributed by atoms with Crippen molar-refractivity contribution >= 4 is 52.2 Å². The summed E-state index contributed by atoms with van der Waals surface area (Å²) in [5, 5.41) is 2.59. The highest BCUT2D eigenvalue weighted by Crippen LogP contribution is 2.36. The zero-order valence-corrected chi connectivity index (χ0v) is 17.9. The number of imide groups is 1. The van der Waals surface area contributed by atoms with Crippen LogP contribution in [0.4, 0.5) is 10.5 Å². The van der Waals surface area contributed by atoms with Gasteiger partial charge in [0.2, 0.25) is 12.7 Å². The first kappa shape index (κ1) is 21.1.